The summed E-state index contributed by atoms with van der Waals surface area (Å²) in [6, 6.07) is 8.32. The lowest BCUT2D eigenvalue weighted by Crippen LogP contribution is -1.96. The van der Waals surface area contributed by atoms with Crippen LogP contribution >= 0.6 is 0 Å². The molecule has 80 valence electrons. The molecule has 0 amide bonds. The summed E-state index contributed by atoms with van der Waals surface area (Å²) >= 11 is 0. The number of hydrogen-bond donors (Lipinski definition) is 0. The number of rotatable bonds is 4. The molecule has 0 aromatic heterocycles. The van der Waals surface area contributed by atoms with Gasteiger partial charge < -0.3 is 4.84 Å². The molecule has 2 heteroatoms. The van der Waals surface area contributed by atoms with E-state index in [-0.39, 0.29) is 0 Å². The number of benzene rings is 1. The highest BCUT2D eigenvalue weighted by Crippen LogP contribution is 2.07. The average Bonchev–Trinajstić information content (AvgIpc) is 2.26. The van der Waals surface area contributed by atoms with Gasteiger partial charge in [-0.25, -0.2) is 0 Å². The van der Waals surface area contributed by atoms with Gasteiger partial charge >= 0.3 is 0 Å². The maximum Gasteiger partial charge on any atom is 0.124 e. The van der Waals surface area contributed by atoms with Crippen molar-refractivity contribution in [1.29, 1.82) is 0 Å². The van der Waals surface area contributed by atoms with Crippen LogP contribution in [0.15, 0.2) is 41.8 Å². The van der Waals surface area contributed by atoms with E-state index < -0.39 is 0 Å². The molecule has 0 aliphatic carbocycles. The number of hydrogen-bond acceptors (Lipinski definition) is 2. The van der Waals surface area contributed by atoms with E-state index in [9.17, 15) is 0 Å². The molecule has 0 saturated heterocycles. The molecule has 0 radical (unpaired) electrons. The lowest BCUT2D eigenvalue weighted by Gasteiger charge is -2.02. The van der Waals surface area contributed by atoms with Crippen LogP contribution in [0.3, 0.4) is 0 Å². The van der Waals surface area contributed by atoms with Gasteiger partial charge in [0.15, 0.2) is 0 Å². The normalized spacial score (nSPS) is 11.3. The minimum absolute atomic E-state index is 0.597. The van der Waals surface area contributed by atoms with E-state index in [0.717, 1.165) is 17.7 Å². The molecule has 0 heterocycles. The van der Waals surface area contributed by atoms with E-state index in [0.29, 0.717) is 5.76 Å². The minimum Gasteiger partial charge on any atom is -0.362 e. The van der Waals surface area contributed by atoms with Crippen LogP contribution in [0.4, 0.5) is 0 Å². The maximum absolute atomic E-state index is 5.01. The molecule has 0 atom stereocenters. The minimum atomic E-state index is 0.597. The standard InChI is InChI=1S/C13H17NO/c1-5-12-6-8-13(9-7-12)11(4)14-15-10(2)3/h6-9H,2,5H2,1,3-4H3/b14-11+. The molecule has 0 unspecified atom stereocenters. The van der Waals surface area contributed by atoms with Gasteiger partial charge in [-0.3, -0.25) is 0 Å². The first-order valence-corrected chi connectivity index (χ1v) is 5.10. The molecular weight excluding hydrogens is 186 g/mol. The van der Waals surface area contributed by atoms with Crippen molar-refractivity contribution in [3.05, 3.63) is 47.7 Å². The smallest absolute Gasteiger partial charge is 0.124 e. The van der Waals surface area contributed by atoms with Crippen molar-refractivity contribution < 1.29 is 4.84 Å². The Bertz CT molecular complexity index is 363. The van der Waals surface area contributed by atoms with Crippen LogP contribution in [-0.4, -0.2) is 5.71 Å². The second-order valence-electron chi connectivity index (χ2n) is 3.52. The molecule has 0 spiro atoms. The number of aryl methyl sites for hydroxylation is 1. The first-order chi connectivity index (χ1) is 7.13. The maximum atomic E-state index is 5.01. The summed E-state index contributed by atoms with van der Waals surface area (Å²) in [5.74, 6) is 0.597. The lowest BCUT2D eigenvalue weighted by atomic mass is 10.1. The van der Waals surface area contributed by atoms with E-state index in [1.54, 1.807) is 6.92 Å². The zero-order valence-electron chi connectivity index (χ0n) is 9.58. The summed E-state index contributed by atoms with van der Waals surface area (Å²) in [7, 11) is 0. The van der Waals surface area contributed by atoms with Gasteiger partial charge in [-0.2, -0.15) is 0 Å². The highest BCUT2D eigenvalue weighted by Gasteiger charge is 1.97. The molecule has 0 saturated carbocycles. The van der Waals surface area contributed by atoms with Gasteiger partial charge in [0.25, 0.3) is 0 Å². The van der Waals surface area contributed by atoms with Gasteiger partial charge in [-0.1, -0.05) is 42.9 Å². The van der Waals surface area contributed by atoms with E-state index in [4.69, 9.17) is 4.84 Å². The third-order valence-electron chi connectivity index (χ3n) is 2.12. The summed E-state index contributed by atoms with van der Waals surface area (Å²) in [6.07, 6.45) is 1.05. The van der Waals surface area contributed by atoms with Gasteiger partial charge in [0, 0.05) is 0 Å². The van der Waals surface area contributed by atoms with Gasteiger partial charge in [-0.15, -0.1) is 0 Å². The Labute approximate surface area is 91.3 Å². The quantitative estimate of drug-likeness (QED) is 0.417. The fourth-order valence-corrected chi connectivity index (χ4v) is 1.18. The van der Waals surface area contributed by atoms with Crippen LogP contribution in [0, 0.1) is 0 Å². The predicted octanol–water partition coefficient (Wildman–Crippen LogP) is 3.52. The molecular formula is C13H17NO. The number of oxime groups is 1. The molecule has 2 nitrogen and oxygen atoms in total. The monoisotopic (exact) mass is 203 g/mol. The Hall–Kier alpha value is -1.57. The Balaban J connectivity index is 2.77. The van der Waals surface area contributed by atoms with E-state index >= 15 is 0 Å². The van der Waals surface area contributed by atoms with E-state index in [2.05, 4.69) is 42.9 Å². The molecule has 1 aromatic carbocycles. The van der Waals surface area contributed by atoms with Gasteiger partial charge in [0.05, 0.1) is 5.71 Å². The zero-order valence-corrected chi connectivity index (χ0v) is 9.58. The van der Waals surface area contributed by atoms with Gasteiger partial charge in [-0.05, 0) is 31.4 Å². The van der Waals surface area contributed by atoms with Crippen molar-refractivity contribution in [2.45, 2.75) is 27.2 Å². The molecule has 15 heavy (non-hydrogen) atoms. The summed E-state index contributed by atoms with van der Waals surface area (Å²) in [5.41, 5.74) is 3.27. The molecule has 0 aliphatic heterocycles. The highest BCUT2D eigenvalue weighted by atomic mass is 16.6. The largest absolute Gasteiger partial charge is 0.362 e. The lowest BCUT2D eigenvalue weighted by molar-refractivity contribution is 0.231. The van der Waals surface area contributed by atoms with Crippen LogP contribution in [0.5, 0.6) is 0 Å². The average molecular weight is 203 g/mol. The fourth-order valence-electron chi connectivity index (χ4n) is 1.18. The molecule has 1 aromatic rings. The van der Waals surface area contributed by atoms with Gasteiger partial charge in [0.2, 0.25) is 0 Å². The van der Waals surface area contributed by atoms with Crippen LogP contribution in [0.2, 0.25) is 0 Å². The van der Waals surface area contributed by atoms with E-state index in [1.165, 1.54) is 5.56 Å². The Morgan fingerprint density at radius 3 is 2.33 bits per heavy atom. The van der Waals surface area contributed by atoms with Crippen molar-refractivity contribution in [2.24, 2.45) is 5.16 Å². The third-order valence-corrected chi connectivity index (χ3v) is 2.12. The predicted molar refractivity (Wildman–Crippen MR) is 63.9 cm³/mol. The summed E-state index contributed by atoms with van der Waals surface area (Å²) in [5, 5.41) is 3.97. The number of allylic oxidation sites excluding steroid dienone is 1. The van der Waals surface area contributed by atoms with Crippen molar-refractivity contribution in [2.75, 3.05) is 0 Å². The summed E-state index contributed by atoms with van der Waals surface area (Å²) in [4.78, 5) is 5.01. The number of nitrogens with zero attached hydrogens (tertiary/aromatic N) is 1. The molecule has 0 aliphatic rings. The Kier molecular flexibility index (Phi) is 4.10. The van der Waals surface area contributed by atoms with Crippen molar-refractivity contribution >= 4 is 5.71 Å². The van der Waals surface area contributed by atoms with Crippen LogP contribution < -0.4 is 0 Å². The van der Waals surface area contributed by atoms with Crippen LogP contribution in [-0.2, 0) is 11.3 Å². The molecule has 0 fully saturated rings. The molecule has 0 bridgehead atoms. The van der Waals surface area contributed by atoms with Crippen LogP contribution in [0.1, 0.15) is 31.9 Å². The second-order valence-corrected chi connectivity index (χ2v) is 3.52. The Morgan fingerprint density at radius 1 is 1.27 bits per heavy atom. The van der Waals surface area contributed by atoms with Crippen LogP contribution in [0.25, 0.3) is 0 Å². The SMILES string of the molecule is C=C(C)O/N=C(\C)c1ccc(CC)cc1. The third kappa shape index (κ3) is 3.58. The summed E-state index contributed by atoms with van der Waals surface area (Å²) < 4.78 is 0. The molecule has 0 N–H and O–H groups in total. The molecule has 1 rings (SSSR count). The second kappa shape index (κ2) is 5.35. The van der Waals surface area contributed by atoms with E-state index in [1.807, 2.05) is 6.92 Å². The van der Waals surface area contributed by atoms with Crippen molar-refractivity contribution in [3.63, 3.8) is 0 Å². The van der Waals surface area contributed by atoms with Gasteiger partial charge in [0.1, 0.15) is 5.76 Å². The first-order valence-electron chi connectivity index (χ1n) is 5.10. The summed E-state index contributed by atoms with van der Waals surface area (Å²) in [6.45, 7) is 9.45. The zero-order chi connectivity index (χ0) is 11.3. The highest BCUT2D eigenvalue weighted by molar-refractivity contribution is 5.98. The Morgan fingerprint density at radius 2 is 1.87 bits per heavy atom. The van der Waals surface area contributed by atoms with Crippen molar-refractivity contribution in [1.82, 2.24) is 0 Å². The first kappa shape index (κ1) is 11.5. The fraction of sp³-hybridized carbons (Fsp3) is 0.308. The van der Waals surface area contributed by atoms with Crippen molar-refractivity contribution in [3.8, 4) is 0 Å². The topological polar surface area (TPSA) is 21.6 Å².